The number of imidazole rings is 1. The molecule has 2 N–H and O–H groups in total. The minimum Gasteiger partial charge on any atom is -0.353 e. The van der Waals surface area contributed by atoms with Gasteiger partial charge in [-0.05, 0) is 54.3 Å². The van der Waals surface area contributed by atoms with Crippen LogP contribution in [0.5, 0.6) is 0 Å². The number of para-hydroxylation sites is 2. The predicted octanol–water partition coefficient (Wildman–Crippen LogP) is 5.11. The molecule has 0 amide bonds. The molecule has 196 valence electrons. The fourth-order valence-corrected chi connectivity index (χ4v) is 5.47. The first-order chi connectivity index (χ1) is 18.6. The van der Waals surface area contributed by atoms with Crippen molar-refractivity contribution < 1.29 is 4.39 Å². The molecule has 7 nitrogen and oxygen atoms in total. The van der Waals surface area contributed by atoms with Crippen LogP contribution in [0.1, 0.15) is 29.5 Å². The van der Waals surface area contributed by atoms with Gasteiger partial charge in [-0.3, -0.25) is 0 Å². The van der Waals surface area contributed by atoms with Gasteiger partial charge in [0.15, 0.2) is 0 Å². The Balaban J connectivity index is 1.02. The highest BCUT2D eigenvalue weighted by atomic mass is 35.5. The molecule has 4 aromatic rings. The summed E-state index contributed by atoms with van der Waals surface area (Å²) in [5.41, 5.74) is 8.70. The molecule has 1 saturated heterocycles. The van der Waals surface area contributed by atoms with E-state index in [-0.39, 0.29) is 5.82 Å². The zero-order valence-electron chi connectivity index (χ0n) is 21.2. The maximum absolute atomic E-state index is 13.4. The highest BCUT2D eigenvalue weighted by molar-refractivity contribution is 6.33. The van der Waals surface area contributed by atoms with Gasteiger partial charge in [0.1, 0.15) is 5.82 Å². The lowest BCUT2D eigenvalue weighted by Gasteiger charge is -2.33. The van der Waals surface area contributed by atoms with Crippen LogP contribution in [0.15, 0.2) is 71.8 Å². The molecule has 0 bridgehead atoms. The van der Waals surface area contributed by atoms with Crippen molar-refractivity contribution in [1.29, 1.82) is 0 Å². The lowest BCUT2D eigenvalue weighted by atomic mass is 10.1. The Kier molecular flexibility index (Phi) is 7.27. The van der Waals surface area contributed by atoms with E-state index < -0.39 is 0 Å². The smallest absolute Gasteiger partial charge is 0.204 e. The largest absolute Gasteiger partial charge is 0.353 e. The zero-order valence-corrected chi connectivity index (χ0v) is 21.9. The lowest BCUT2D eigenvalue weighted by molar-refractivity contribution is 0.155. The summed E-state index contributed by atoms with van der Waals surface area (Å²) < 4.78 is 15.6. The van der Waals surface area contributed by atoms with E-state index in [0.29, 0.717) is 19.1 Å². The number of nitrogens with zero attached hydrogens (tertiary/aromatic N) is 5. The Bertz CT molecular complexity index is 1430. The van der Waals surface area contributed by atoms with Crippen molar-refractivity contribution in [2.45, 2.75) is 32.0 Å². The van der Waals surface area contributed by atoms with Gasteiger partial charge in [0, 0.05) is 42.8 Å². The van der Waals surface area contributed by atoms with Gasteiger partial charge in [-0.15, -0.1) is 0 Å². The Morgan fingerprint density at radius 2 is 1.79 bits per heavy atom. The molecule has 0 unspecified atom stereocenters. The summed E-state index contributed by atoms with van der Waals surface area (Å²) in [4.78, 5) is 7.38. The van der Waals surface area contributed by atoms with Gasteiger partial charge in [-0.25, -0.2) is 19.9 Å². The van der Waals surface area contributed by atoms with Gasteiger partial charge in [0.25, 0.3) is 0 Å². The number of halogens is 2. The van der Waals surface area contributed by atoms with Crippen LogP contribution < -0.4 is 10.7 Å². The van der Waals surface area contributed by atoms with E-state index in [9.17, 15) is 4.39 Å². The number of rotatable bonds is 8. The van der Waals surface area contributed by atoms with Gasteiger partial charge in [-0.2, -0.15) is 5.10 Å². The number of hydrogen-bond acceptors (Lipinski definition) is 6. The number of piperidine rings is 1. The third-order valence-corrected chi connectivity index (χ3v) is 7.67. The van der Waals surface area contributed by atoms with Crippen molar-refractivity contribution in [3.8, 4) is 0 Å². The molecule has 3 aromatic carbocycles. The van der Waals surface area contributed by atoms with E-state index in [1.54, 1.807) is 0 Å². The number of fused-ring (bicyclic) bond motifs is 2. The minimum atomic E-state index is -0.219. The fourth-order valence-electron chi connectivity index (χ4n) is 5.23. The van der Waals surface area contributed by atoms with E-state index in [4.69, 9.17) is 16.6 Å². The summed E-state index contributed by atoms with van der Waals surface area (Å²) in [6.45, 7) is 5.20. The highest BCUT2D eigenvalue weighted by Gasteiger charge is 2.22. The van der Waals surface area contributed by atoms with E-state index in [1.165, 1.54) is 17.7 Å². The Morgan fingerprint density at radius 3 is 2.63 bits per heavy atom. The summed E-state index contributed by atoms with van der Waals surface area (Å²) in [5.74, 6) is 0.655. The SMILES string of the molecule is Fc1ccc(Cn2c(NC3CCN(CCNN4Cc5cccc(Cl)c5C=N4)CC3)nc3ccccc32)cc1. The van der Waals surface area contributed by atoms with Gasteiger partial charge in [0.05, 0.1) is 30.3 Å². The highest BCUT2D eigenvalue weighted by Crippen LogP contribution is 2.24. The normalized spacial score (nSPS) is 16.2. The second kappa shape index (κ2) is 11.1. The summed E-state index contributed by atoms with van der Waals surface area (Å²) >= 11 is 6.27. The number of anilines is 1. The number of aromatic nitrogens is 2. The molecule has 6 rings (SSSR count). The van der Waals surface area contributed by atoms with E-state index in [0.717, 1.165) is 72.2 Å². The molecule has 2 aliphatic rings. The molecule has 0 spiro atoms. The molecule has 1 fully saturated rings. The Morgan fingerprint density at radius 1 is 0.974 bits per heavy atom. The van der Waals surface area contributed by atoms with Crippen molar-refractivity contribution in [3.63, 3.8) is 0 Å². The van der Waals surface area contributed by atoms with Gasteiger partial charge in [0.2, 0.25) is 5.95 Å². The molecule has 0 aliphatic carbocycles. The molecule has 0 atom stereocenters. The average Bonchev–Trinajstić information content (AvgIpc) is 3.27. The molecular formula is C29H31ClFN7. The molecular weight excluding hydrogens is 501 g/mol. The maximum Gasteiger partial charge on any atom is 0.204 e. The third kappa shape index (κ3) is 5.53. The Labute approximate surface area is 226 Å². The number of benzene rings is 3. The molecule has 38 heavy (non-hydrogen) atoms. The molecule has 0 saturated carbocycles. The lowest BCUT2D eigenvalue weighted by Crippen LogP contribution is -2.44. The van der Waals surface area contributed by atoms with Crippen molar-refractivity contribution in [3.05, 3.63) is 94.3 Å². The summed E-state index contributed by atoms with van der Waals surface area (Å²) in [6, 6.07) is 21.2. The molecule has 2 aliphatic heterocycles. The predicted molar refractivity (Wildman–Crippen MR) is 151 cm³/mol. The van der Waals surface area contributed by atoms with Crippen LogP contribution in [0, 0.1) is 5.82 Å². The quantitative estimate of drug-likeness (QED) is 0.331. The second-order valence-electron chi connectivity index (χ2n) is 9.92. The number of hydrazine groups is 1. The van der Waals surface area contributed by atoms with E-state index >= 15 is 0 Å². The zero-order chi connectivity index (χ0) is 25.9. The number of hydrazone groups is 1. The second-order valence-corrected chi connectivity index (χ2v) is 10.3. The first kappa shape index (κ1) is 24.9. The van der Waals surface area contributed by atoms with Crippen LogP contribution >= 0.6 is 11.6 Å². The van der Waals surface area contributed by atoms with Crippen LogP contribution in [0.25, 0.3) is 11.0 Å². The van der Waals surface area contributed by atoms with E-state index in [1.807, 2.05) is 53.8 Å². The van der Waals surface area contributed by atoms with Crippen LogP contribution in [0.2, 0.25) is 5.02 Å². The summed E-state index contributed by atoms with van der Waals surface area (Å²) in [5, 5.41) is 10.8. The topological polar surface area (TPSA) is 60.7 Å². The van der Waals surface area contributed by atoms with Crippen LogP contribution in [-0.4, -0.2) is 58.0 Å². The summed E-state index contributed by atoms with van der Waals surface area (Å²) in [6.07, 6.45) is 3.93. The van der Waals surface area contributed by atoms with Gasteiger partial charge < -0.3 is 14.8 Å². The number of hydrogen-bond donors (Lipinski definition) is 2. The number of likely N-dealkylation sites (tertiary alicyclic amines) is 1. The first-order valence-corrected chi connectivity index (χ1v) is 13.5. The maximum atomic E-state index is 13.4. The van der Waals surface area contributed by atoms with Crippen molar-refractivity contribution in [2.24, 2.45) is 5.10 Å². The first-order valence-electron chi connectivity index (χ1n) is 13.1. The number of nitrogens with one attached hydrogen (secondary N) is 2. The minimum absolute atomic E-state index is 0.219. The average molecular weight is 532 g/mol. The standard InChI is InChI=1S/C29H31ClFN7/c30-26-5-3-4-22-20-38(33-18-25(22)26)32-14-17-36-15-12-24(13-16-36)34-29-35-27-6-1-2-7-28(27)37(29)19-21-8-10-23(31)11-9-21/h1-11,18,24,32H,12-17,19-20H2,(H,34,35). The third-order valence-electron chi connectivity index (χ3n) is 7.34. The molecule has 0 radical (unpaired) electrons. The van der Waals surface area contributed by atoms with Crippen molar-refractivity contribution in [2.75, 3.05) is 31.5 Å². The van der Waals surface area contributed by atoms with Crippen LogP contribution in [-0.2, 0) is 13.1 Å². The van der Waals surface area contributed by atoms with Gasteiger partial charge in [-0.1, -0.05) is 48.0 Å². The molecule has 9 heteroatoms. The van der Waals surface area contributed by atoms with Crippen LogP contribution in [0.4, 0.5) is 10.3 Å². The van der Waals surface area contributed by atoms with Gasteiger partial charge >= 0.3 is 0 Å². The summed E-state index contributed by atoms with van der Waals surface area (Å²) in [7, 11) is 0. The fraction of sp³-hybridized carbons (Fsp3) is 0.310. The van der Waals surface area contributed by atoms with Crippen LogP contribution in [0.3, 0.4) is 0 Å². The Hall–Kier alpha value is -3.46. The van der Waals surface area contributed by atoms with Crippen molar-refractivity contribution >= 4 is 34.8 Å². The van der Waals surface area contributed by atoms with E-state index in [2.05, 4.69) is 37.4 Å². The van der Waals surface area contributed by atoms with Crippen molar-refractivity contribution in [1.82, 2.24) is 25.0 Å². The molecule has 3 heterocycles. The monoisotopic (exact) mass is 531 g/mol. The molecule has 1 aromatic heterocycles.